The lowest BCUT2D eigenvalue weighted by atomic mass is 10.1. The summed E-state index contributed by atoms with van der Waals surface area (Å²) in [6.45, 7) is 1.79. The number of benzene rings is 2. The highest BCUT2D eigenvalue weighted by Gasteiger charge is 2.41. The molecular formula is C19H18BrF2N5O2S. The van der Waals surface area contributed by atoms with Crippen LogP contribution in [-0.4, -0.2) is 23.9 Å². The van der Waals surface area contributed by atoms with E-state index < -0.39 is 27.4 Å². The summed E-state index contributed by atoms with van der Waals surface area (Å²) in [5.41, 5.74) is 0.266. The highest BCUT2D eigenvalue weighted by molar-refractivity contribution is 9.10. The maximum absolute atomic E-state index is 14.4. The topological polar surface area (TPSA) is 98.9 Å². The Bertz CT molecular complexity index is 1200. The molecule has 30 heavy (non-hydrogen) atoms. The highest BCUT2D eigenvalue weighted by Crippen LogP contribution is 2.39. The number of nitrogens with one attached hydrogen (secondary N) is 4. The molecule has 2 aromatic carbocycles. The van der Waals surface area contributed by atoms with Crippen molar-refractivity contribution in [3.05, 3.63) is 59.0 Å². The van der Waals surface area contributed by atoms with Crippen LogP contribution in [-0.2, 0) is 10.2 Å². The van der Waals surface area contributed by atoms with E-state index >= 15 is 0 Å². The van der Waals surface area contributed by atoms with Crippen LogP contribution < -0.4 is 14.8 Å². The number of hydrogen-bond donors (Lipinski definition) is 4. The van der Waals surface area contributed by atoms with Crippen LogP contribution in [0.15, 0.2) is 47.3 Å². The number of nitrogens with zero attached hydrogens (tertiary/aromatic N) is 1. The predicted octanol–water partition coefficient (Wildman–Crippen LogP) is 4.66. The van der Waals surface area contributed by atoms with Crippen LogP contribution in [0.25, 0.3) is 11.3 Å². The quantitative estimate of drug-likeness (QED) is 0.381. The van der Waals surface area contributed by atoms with E-state index in [1.165, 1.54) is 30.7 Å². The van der Waals surface area contributed by atoms with Crippen LogP contribution in [0.1, 0.15) is 19.8 Å². The zero-order valence-electron chi connectivity index (χ0n) is 15.8. The van der Waals surface area contributed by atoms with Gasteiger partial charge in [-0.15, -0.1) is 0 Å². The van der Waals surface area contributed by atoms with Gasteiger partial charge >= 0.3 is 0 Å². The van der Waals surface area contributed by atoms with Crippen molar-refractivity contribution >= 4 is 43.2 Å². The van der Waals surface area contributed by atoms with Crippen LogP contribution in [0.3, 0.4) is 0 Å². The first-order valence-corrected chi connectivity index (χ1v) is 11.3. The Balaban J connectivity index is 1.80. The Morgan fingerprint density at radius 2 is 1.93 bits per heavy atom. The van der Waals surface area contributed by atoms with Gasteiger partial charge in [0.2, 0.25) is 0 Å². The summed E-state index contributed by atoms with van der Waals surface area (Å²) >= 11 is 3.18. The van der Waals surface area contributed by atoms with Gasteiger partial charge in [0.1, 0.15) is 11.6 Å². The second-order valence-corrected chi connectivity index (χ2v) is 9.69. The molecule has 3 aromatic rings. The Hall–Kier alpha value is -2.50. The molecule has 0 radical (unpaired) electrons. The molecule has 4 N–H and O–H groups in total. The van der Waals surface area contributed by atoms with Crippen LogP contribution >= 0.6 is 15.9 Å². The fourth-order valence-corrected chi connectivity index (χ4v) is 4.67. The van der Waals surface area contributed by atoms with Crippen molar-refractivity contribution in [3.8, 4) is 11.3 Å². The summed E-state index contributed by atoms with van der Waals surface area (Å²) in [4.78, 5) is 6.75. The van der Waals surface area contributed by atoms with Crippen molar-refractivity contribution in [2.24, 2.45) is 0 Å². The first-order valence-electron chi connectivity index (χ1n) is 9.00. The van der Waals surface area contributed by atoms with Crippen molar-refractivity contribution < 1.29 is 17.2 Å². The number of aromatic amines is 1. The minimum Gasteiger partial charge on any atom is -0.351 e. The lowest BCUT2D eigenvalue weighted by Crippen LogP contribution is -2.38. The maximum Gasteiger partial charge on any atom is 0.299 e. The fourth-order valence-electron chi connectivity index (χ4n) is 2.94. The molecule has 0 spiro atoms. The third-order valence-corrected chi connectivity index (χ3v) is 6.44. The Kier molecular flexibility index (Phi) is 5.28. The molecule has 0 aliphatic heterocycles. The first-order chi connectivity index (χ1) is 14.1. The number of rotatable bonds is 7. The highest BCUT2D eigenvalue weighted by atomic mass is 79.9. The van der Waals surface area contributed by atoms with Crippen LogP contribution in [0.2, 0.25) is 0 Å². The zero-order chi connectivity index (χ0) is 21.5. The van der Waals surface area contributed by atoms with E-state index in [-0.39, 0.29) is 22.6 Å². The fraction of sp³-hybridized carbons (Fsp3) is 0.211. The van der Waals surface area contributed by atoms with E-state index in [2.05, 4.69) is 40.7 Å². The lowest BCUT2D eigenvalue weighted by Gasteiger charge is -2.20. The molecule has 7 nitrogen and oxygen atoms in total. The molecule has 1 aromatic heterocycles. The Labute approximate surface area is 180 Å². The predicted molar refractivity (Wildman–Crippen MR) is 115 cm³/mol. The van der Waals surface area contributed by atoms with E-state index in [1.54, 1.807) is 13.0 Å². The van der Waals surface area contributed by atoms with Gasteiger partial charge < -0.3 is 10.3 Å². The Morgan fingerprint density at radius 3 is 2.57 bits per heavy atom. The molecule has 1 aliphatic rings. The van der Waals surface area contributed by atoms with E-state index in [4.69, 9.17) is 0 Å². The third-order valence-electron chi connectivity index (χ3n) is 4.71. The summed E-state index contributed by atoms with van der Waals surface area (Å²) in [5.74, 6) is -1.22. The van der Waals surface area contributed by atoms with Crippen molar-refractivity contribution in [2.45, 2.75) is 25.3 Å². The van der Waals surface area contributed by atoms with E-state index in [1.807, 2.05) is 0 Å². The van der Waals surface area contributed by atoms with Crippen LogP contribution in [0, 0.1) is 11.6 Å². The minimum atomic E-state index is -3.99. The SMILES string of the molecule is CC1(NS(=O)(=O)Nc2c(Nc3ccc(Br)cc3F)cc(F)cc2-c2cnc[nH]2)CC1. The van der Waals surface area contributed by atoms with Gasteiger partial charge in [0, 0.05) is 15.6 Å². The molecule has 0 amide bonds. The van der Waals surface area contributed by atoms with Crippen molar-refractivity contribution in [2.75, 3.05) is 10.0 Å². The van der Waals surface area contributed by atoms with Gasteiger partial charge in [0.15, 0.2) is 0 Å². The second kappa shape index (κ2) is 7.64. The maximum atomic E-state index is 14.4. The van der Waals surface area contributed by atoms with Gasteiger partial charge in [-0.3, -0.25) is 4.72 Å². The van der Waals surface area contributed by atoms with E-state index in [9.17, 15) is 17.2 Å². The van der Waals surface area contributed by atoms with Gasteiger partial charge in [0.25, 0.3) is 10.2 Å². The Morgan fingerprint density at radius 1 is 1.17 bits per heavy atom. The summed E-state index contributed by atoms with van der Waals surface area (Å²) in [7, 11) is -3.99. The molecule has 0 saturated heterocycles. The number of hydrogen-bond acceptors (Lipinski definition) is 4. The molecule has 0 atom stereocenters. The van der Waals surface area contributed by atoms with Crippen molar-refractivity contribution in [1.29, 1.82) is 0 Å². The molecule has 1 heterocycles. The summed E-state index contributed by atoms with van der Waals surface area (Å²) in [5, 5.41) is 2.79. The molecule has 11 heteroatoms. The average Bonchev–Trinajstić information content (AvgIpc) is 3.14. The molecule has 1 saturated carbocycles. The standard InChI is InChI=1S/C19H18BrF2N5O2S/c1-19(4-5-19)27-30(28,29)26-18-13(17-9-23-10-24-17)7-12(21)8-16(18)25-15-3-2-11(20)6-14(15)22/h2-3,6-10,25-27H,4-5H2,1H3,(H,23,24). The molecule has 0 bridgehead atoms. The molecular weight excluding hydrogens is 480 g/mol. The average molecular weight is 498 g/mol. The molecule has 1 fully saturated rings. The summed E-state index contributed by atoms with van der Waals surface area (Å²) < 4.78 is 59.8. The number of aromatic nitrogens is 2. The van der Waals surface area contributed by atoms with E-state index in [0.717, 1.165) is 18.9 Å². The largest absolute Gasteiger partial charge is 0.351 e. The molecule has 0 unspecified atom stereocenters. The van der Waals surface area contributed by atoms with Gasteiger partial charge in [-0.25, -0.2) is 13.8 Å². The minimum absolute atomic E-state index is 0.0483. The van der Waals surface area contributed by atoms with E-state index in [0.29, 0.717) is 10.2 Å². The number of H-pyrrole nitrogens is 1. The van der Waals surface area contributed by atoms with Gasteiger partial charge in [-0.1, -0.05) is 15.9 Å². The molecule has 1 aliphatic carbocycles. The second-order valence-electron chi connectivity index (χ2n) is 7.36. The van der Waals surface area contributed by atoms with Crippen molar-refractivity contribution in [3.63, 3.8) is 0 Å². The molecule has 158 valence electrons. The third kappa shape index (κ3) is 4.63. The van der Waals surface area contributed by atoms with Gasteiger partial charge in [-0.2, -0.15) is 13.1 Å². The number of halogens is 3. The first kappa shape index (κ1) is 20.8. The lowest BCUT2D eigenvalue weighted by molar-refractivity contribution is 0.563. The molecule has 4 rings (SSSR count). The van der Waals surface area contributed by atoms with Gasteiger partial charge in [-0.05, 0) is 50.1 Å². The summed E-state index contributed by atoms with van der Waals surface area (Å²) in [6.07, 6.45) is 4.27. The monoisotopic (exact) mass is 497 g/mol. The van der Waals surface area contributed by atoms with Crippen LogP contribution in [0.4, 0.5) is 25.8 Å². The van der Waals surface area contributed by atoms with Crippen molar-refractivity contribution in [1.82, 2.24) is 14.7 Å². The normalized spacial score (nSPS) is 15.1. The summed E-state index contributed by atoms with van der Waals surface area (Å²) in [6, 6.07) is 6.59. The van der Waals surface area contributed by atoms with Gasteiger partial charge in [0.05, 0.1) is 35.3 Å². The van der Waals surface area contributed by atoms with Crippen LogP contribution in [0.5, 0.6) is 0 Å². The zero-order valence-corrected chi connectivity index (χ0v) is 18.2. The number of imidazole rings is 1. The smallest absolute Gasteiger partial charge is 0.299 e. The number of anilines is 3.